The van der Waals surface area contributed by atoms with E-state index in [0.29, 0.717) is 21.2 Å². The highest BCUT2D eigenvalue weighted by molar-refractivity contribution is 8.00. The monoisotopic (exact) mass is 253 g/mol. The van der Waals surface area contributed by atoms with Crippen molar-refractivity contribution in [1.82, 2.24) is 4.98 Å². The highest BCUT2D eigenvalue weighted by Gasteiger charge is 2.41. The van der Waals surface area contributed by atoms with Crippen molar-refractivity contribution in [3.8, 4) is 6.07 Å². The molecule has 1 aromatic rings. The Morgan fingerprint density at radius 1 is 1.69 bits per heavy atom. The summed E-state index contributed by atoms with van der Waals surface area (Å²) in [5, 5.41) is 12.5. The summed E-state index contributed by atoms with van der Waals surface area (Å²) in [6.45, 7) is 0.857. The van der Waals surface area contributed by atoms with Crippen LogP contribution >= 0.6 is 23.4 Å². The van der Waals surface area contributed by atoms with Crippen LogP contribution in [0.1, 0.15) is 18.4 Å². The largest absolute Gasteiger partial charge is 0.367 e. The lowest BCUT2D eigenvalue weighted by atomic mass is 10.3. The number of rotatable bonds is 4. The van der Waals surface area contributed by atoms with E-state index in [-0.39, 0.29) is 0 Å². The topological polar surface area (TPSA) is 48.7 Å². The van der Waals surface area contributed by atoms with Gasteiger partial charge in [-0.25, -0.2) is 4.98 Å². The number of hydrogen-bond donors (Lipinski definition) is 1. The van der Waals surface area contributed by atoms with Gasteiger partial charge in [-0.3, -0.25) is 0 Å². The molecule has 0 unspecified atom stereocenters. The molecule has 0 saturated heterocycles. The maximum atomic E-state index is 8.84. The third-order valence-corrected chi connectivity index (χ3v) is 4.63. The number of thioether (sulfide) groups is 1. The van der Waals surface area contributed by atoms with Crippen LogP contribution in [0.15, 0.2) is 12.3 Å². The van der Waals surface area contributed by atoms with Gasteiger partial charge in [0.15, 0.2) is 0 Å². The second-order valence-electron chi connectivity index (χ2n) is 3.87. The Labute approximate surface area is 104 Å². The van der Waals surface area contributed by atoms with E-state index in [0.717, 1.165) is 6.54 Å². The third kappa shape index (κ3) is 2.26. The standard InChI is InChI=1S/C11H12ClN3S/c1-16-11(3-4-11)7-15-10-9(12)8(6-13)2-5-14-10/h2,5H,3-4,7H2,1H3,(H,14,15). The van der Waals surface area contributed by atoms with Gasteiger partial charge in [-0.1, -0.05) is 11.6 Å². The maximum absolute atomic E-state index is 8.84. The zero-order chi connectivity index (χ0) is 11.6. The smallest absolute Gasteiger partial charge is 0.146 e. The molecule has 0 amide bonds. The van der Waals surface area contributed by atoms with Gasteiger partial charge in [0.25, 0.3) is 0 Å². The van der Waals surface area contributed by atoms with Crippen LogP contribution in [-0.4, -0.2) is 22.5 Å². The SMILES string of the molecule is CSC1(CNc2nccc(C#N)c2Cl)CC1. The van der Waals surface area contributed by atoms with Crippen LogP contribution in [0.3, 0.4) is 0 Å². The van der Waals surface area contributed by atoms with Crippen LogP contribution in [0.5, 0.6) is 0 Å². The van der Waals surface area contributed by atoms with Crippen LogP contribution in [0.4, 0.5) is 5.82 Å². The van der Waals surface area contributed by atoms with Crippen molar-refractivity contribution >= 4 is 29.2 Å². The summed E-state index contributed by atoms with van der Waals surface area (Å²) >= 11 is 7.92. The van der Waals surface area contributed by atoms with E-state index >= 15 is 0 Å². The van der Waals surface area contributed by atoms with Gasteiger partial charge >= 0.3 is 0 Å². The highest BCUT2D eigenvalue weighted by atomic mass is 35.5. The van der Waals surface area contributed by atoms with Crippen LogP contribution in [-0.2, 0) is 0 Å². The van der Waals surface area contributed by atoms with E-state index in [9.17, 15) is 0 Å². The van der Waals surface area contributed by atoms with E-state index in [4.69, 9.17) is 16.9 Å². The van der Waals surface area contributed by atoms with Crippen molar-refractivity contribution < 1.29 is 0 Å². The third-order valence-electron chi connectivity index (χ3n) is 2.83. The Hall–Kier alpha value is -0.920. The van der Waals surface area contributed by atoms with Gasteiger partial charge in [0.2, 0.25) is 0 Å². The Bertz CT molecular complexity index is 437. The fraction of sp³-hybridized carbons (Fsp3) is 0.455. The Kier molecular flexibility index (Phi) is 3.27. The predicted molar refractivity (Wildman–Crippen MR) is 67.9 cm³/mol. The van der Waals surface area contributed by atoms with Crippen molar-refractivity contribution in [3.63, 3.8) is 0 Å². The molecular formula is C11H12ClN3S. The molecule has 0 aliphatic heterocycles. The van der Waals surface area contributed by atoms with Crippen molar-refractivity contribution in [2.24, 2.45) is 0 Å². The highest BCUT2D eigenvalue weighted by Crippen LogP contribution is 2.47. The van der Waals surface area contributed by atoms with E-state index < -0.39 is 0 Å². The first kappa shape index (κ1) is 11.6. The second kappa shape index (κ2) is 4.52. The molecule has 2 rings (SSSR count). The predicted octanol–water partition coefficient (Wildman–Crippen LogP) is 2.91. The number of aromatic nitrogens is 1. The fourth-order valence-electron chi connectivity index (χ4n) is 1.49. The van der Waals surface area contributed by atoms with Gasteiger partial charge in [0.1, 0.15) is 16.9 Å². The summed E-state index contributed by atoms with van der Waals surface area (Å²) in [5.41, 5.74) is 0.466. The van der Waals surface area contributed by atoms with Crippen LogP contribution in [0.2, 0.25) is 5.02 Å². The number of anilines is 1. The summed E-state index contributed by atoms with van der Waals surface area (Å²) in [6, 6.07) is 3.67. The van der Waals surface area contributed by atoms with Crippen LogP contribution in [0, 0.1) is 11.3 Å². The molecule has 16 heavy (non-hydrogen) atoms. The second-order valence-corrected chi connectivity index (χ2v) is 5.53. The lowest BCUT2D eigenvalue weighted by molar-refractivity contribution is 0.940. The number of hydrogen-bond acceptors (Lipinski definition) is 4. The first-order valence-corrected chi connectivity index (χ1v) is 6.65. The molecular weight excluding hydrogens is 242 g/mol. The molecule has 1 fully saturated rings. The molecule has 1 aliphatic carbocycles. The van der Waals surface area contributed by atoms with Gasteiger partial charge in [-0.15, -0.1) is 0 Å². The van der Waals surface area contributed by atoms with E-state index in [1.807, 2.05) is 17.8 Å². The van der Waals surface area contributed by atoms with Crippen LogP contribution in [0.25, 0.3) is 0 Å². The minimum atomic E-state index is 0.355. The Balaban J connectivity index is 2.08. The first-order chi connectivity index (χ1) is 7.71. The molecule has 0 radical (unpaired) electrons. The molecule has 1 heterocycles. The lowest BCUT2D eigenvalue weighted by Gasteiger charge is -2.14. The van der Waals surface area contributed by atoms with E-state index in [1.54, 1.807) is 12.3 Å². The van der Waals surface area contributed by atoms with Crippen molar-refractivity contribution in [2.45, 2.75) is 17.6 Å². The van der Waals surface area contributed by atoms with E-state index in [2.05, 4.69) is 16.6 Å². The number of nitrogens with zero attached hydrogens (tertiary/aromatic N) is 2. The zero-order valence-corrected chi connectivity index (χ0v) is 10.5. The van der Waals surface area contributed by atoms with E-state index in [1.165, 1.54) is 12.8 Å². The Morgan fingerprint density at radius 3 is 3.00 bits per heavy atom. The fourth-order valence-corrected chi connectivity index (χ4v) is 2.44. The zero-order valence-electron chi connectivity index (χ0n) is 8.96. The molecule has 1 saturated carbocycles. The summed E-state index contributed by atoms with van der Waals surface area (Å²) in [5.74, 6) is 0.612. The number of nitriles is 1. The van der Waals surface area contributed by atoms with Gasteiger partial charge in [0.05, 0.1) is 5.56 Å². The molecule has 1 aliphatic rings. The average molecular weight is 254 g/mol. The molecule has 0 aromatic carbocycles. The maximum Gasteiger partial charge on any atom is 0.146 e. The summed E-state index contributed by atoms with van der Waals surface area (Å²) in [4.78, 5) is 4.15. The quantitative estimate of drug-likeness (QED) is 0.896. The summed E-state index contributed by atoms with van der Waals surface area (Å²) in [7, 11) is 0. The average Bonchev–Trinajstić information content (AvgIpc) is 3.08. The molecule has 84 valence electrons. The minimum Gasteiger partial charge on any atom is -0.367 e. The lowest BCUT2D eigenvalue weighted by Crippen LogP contribution is -2.18. The van der Waals surface area contributed by atoms with Crippen molar-refractivity contribution in [3.05, 3.63) is 22.8 Å². The molecule has 0 bridgehead atoms. The summed E-state index contributed by atoms with van der Waals surface area (Å²) < 4.78 is 0.355. The summed E-state index contributed by atoms with van der Waals surface area (Å²) in [6.07, 6.45) is 6.19. The Morgan fingerprint density at radius 2 is 2.44 bits per heavy atom. The molecule has 3 nitrogen and oxygen atoms in total. The molecule has 1 aromatic heterocycles. The molecule has 5 heteroatoms. The number of nitrogens with one attached hydrogen (secondary N) is 1. The van der Waals surface area contributed by atoms with Gasteiger partial charge in [-0.2, -0.15) is 17.0 Å². The minimum absolute atomic E-state index is 0.355. The van der Waals surface area contributed by atoms with Crippen LogP contribution < -0.4 is 5.32 Å². The number of pyridine rings is 1. The van der Waals surface area contributed by atoms with Gasteiger partial charge < -0.3 is 5.32 Å². The van der Waals surface area contributed by atoms with Gasteiger partial charge in [-0.05, 0) is 25.2 Å². The normalized spacial score (nSPS) is 16.6. The van der Waals surface area contributed by atoms with Crippen molar-refractivity contribution in [1.29, 1.82) is 5.26 Å². The van der Waals surface area contributed by atoms with Crippen molar-refractivity contribution in [2.75, 3.05) is 18.1 Å². The van der Waals surface area contributed by atoms with Gasteiger partial charge in [0, 0.05) is 17.5 Å². The molecule has 0 spiro atoms. The molecule has 0 atom stereocenters. The number of halogens is 1. The molecule has 1 N–H and O–H groups in total. The first-order valence-electron chi connectivity index (χ1n) is 5.04.